The highest BCUT2D eigenvalue weighted by atomic mass is 16.5. The summed E-state index contributed by atoms with van der Waals surface area (Å²) in [5.41, 5.74) is 0.231. The number of hydrogen-bond donors (Lipinski definition) is 1. The zero-order chi connectivity index (χ0) is 20.8. The van der Waals surface area contributed by atoms with Gasteiger partial charge in [-0.1, -0.05) is 46.8 Å². The topological polar surface area (TPSA) is 84.4 Å². The van der Waals surface area contributed by atoms with E-state index >= 15 is 0 Å². The summed E-state index contributed by atoms with van der Waals surface area (Å²) in [5, 5.41) is 12.6. The van der Waals surface area contributed by atoms with Crippen molar-refractivity contribution < 1.29 is 14.6 Å². The minimum absolute atomic E-state index is 0.0666. The molecule has 0 radical (unpaired) electrons. The smallest absolute Gasteiger partial charge is 0.332 e. The molecule has 152 valence electrons. The normalized spacial score (nSPS) is 21.5. The second-order valence-corrected chi connectivity index (χ2v) is 8.51. The number of nitrogens with zero attached hydrogens (tertiary/aromatic N) is 3. The predicted molar refractivity (Wildman–Crippen MR) is 108 cm³/mol. The van der Waals surface area contributed by atoms with Crippen LogP contribution in [0.25, 0.3) is 10.9 Å². The number of fused-ring (bicyclic) bond motifs is 1. The van der Waals surface area contributed by atoms with Gasteiger partial charge in [0.2, 0.25) is 0 Å². The number of aromatic nitrogens is 2. The van der Waals surface area contributed by atoms with Gasteiger partial charge in [0.05, 0.1) is 24.1 Å². The van der Waals surface area contributed by atoms with Gasteiger partial charge in [0.25, 0.3) is 5.56 Å². The predicted octanol–water partition coefficient (Wildman–Crippen LogP) is 2.18. The van der Waals surface area contributed by atoms with Gasteiger partial charge >= 0.3 is 5.97 Å². The Kier molecular flexibility index (Phi) is 5.23. The lowest BCUT2D eigenvalue weighted by molar-refractivity contribution is -0.140. The Morgan fingerprint density at radius 2 is 1.96 bits per heavy atom. The third kappa shape index (κ3) is 3.28. The molecule has 0 aliphatic carbocycles. The number of para-hydroxylation sites is 1. The Morgan fingerprint density at radius 1 is 1.32 bits per heavy atom. The van der Waals surface area contributed by atoms with Crippen LogP contribution in [-0.4, -0.2) is 46.0 Å². The minimum atomic E-state index is -0.750. The number of carbonyl (C=O) groups excluding carboxylic acids is 1. The number of benzene rings is 1. The van der Waals surface area contributed by atoms with E-state index in [0.717, 1.165) is 0 Å². The zero-order valence-corrected chi connectivity index (χ0v) is 17.3. The van der Waals surface area contributed by atoms with Crippen molar-refractivity contribution >= 4 is 16.9 Å². The number of esters is 1. The second kappa shape index (κ2) is 7.20. The Bertz CT molecular complexity index is 947. The van der Waals surface area contributed by atoms with Crippen molar-refractivity contribution in [3.63, 3.8) is 0 Å². The van der Waals surface area contributed by atoms with E-state index in [1.807, 2.05) is 26.0 Å². The van der Waals surface area contributed by atoms with Gasteiger partial charge in [0.15, 0.2) is 6.04 Å². The summed E-state index contributed by atoms with van der Waals surface area (Å²) in [6.45, 7) is 10.1. The number of carbonyl (C=O) groups is 1. The molecule has 0 saturated carbocycles. The summed E-state index contributed by atoms with van der Waals surface area (Å²) in [6, 6.07) is 5.98. The first-order valence-corrected chi connectivity index (χ1v) is 9.69. The average Bonchev–Trinajstić information content (AvgIpc) is 3.40. The van der Waals surface area contributed by atoms with E-state index in [1.54, 1.807) is 17.1 Å². The molecule has 7 heteroatoms. The van der Waals surface area contributed by atoms with Gasteiger partial charge < -0.3 is 9.84 Å². The van der Waals surface area contributed by atoms with E-state index in [0.29, 0.717) is 23.1 Å². The lowest BCUT2D eigenvalue weighted by Gasteiger charge is -2.29. The molecule has 3 rings (SSSR count). The highest BCUT2D eigenvalue weighted by molar-refractivity contribution is 5.85. The maximum absolute atomic E-state index is 13.4. The fourth-order valence-corrected chi connectivity index (χ4v) is 3.52. The average molecular weight is 387 g/mol. The first kappa shape index (κ1) is 20.3. The van der Waals surface area contributed by atoms with Crippen molar-refractivity contribution in [3.05, 3.63) is 40.4 Å². The fourth-order valence-electron chi connectivity index (χ4n) is 3.52. The highest BCUT2D eigenvalue weighted by Gasteiger charge is 2.59. The third-order valence-corrected chi connectivity index (χ3v) is 5.78. The van der Waals surface area contributed by atoms with Crippen molar-refractivity contribution in [2.45, 2.75) is 65.1 Å². The van der Waals surface area contributed by atoms with E-state index in [9.17, 15) is 14.7 Å². The lowest BCUT2D eigenvalue weighted by atomic mass is 9.81. The van der Waals surface area contributed by atoms with Crippen LogP contribution in [-0.2, 0) is 9.53 Å². The molecule has 0 amide bonds. The van der Waals surface area contributed by atoms with E-state index in [4.69, 9.17) is 9.72 Å². The van der Waals surface area contributed by atoms with E-state index < -0.39 is 24.2 Å². The largest absolute Gasteiger partial charge is 0.467 e. The molecule has 2 aromatic rings. The van der Waals surface area contributed by atoms with E-state index in [1.165, 1.54) is 11.8 Å². The second-order valence-electron chi connectivity index (χ2n) is 8.51. The Hall–Kier alpha value is -2.41. The van der Waals surface area contributed by atoms with Crippen molar-refractivity contribution in [2.75, 3.05) is 12.1 Å². The third-order valence-electron chi connectivity index (χ3n) is 5.78. The molecular weight excluding hydrogens is 358 g/mol. The number of methoxy groups -OCH3 is 1. The summed E-state index contributed by atoms with van der Waals surface area (Å²) in [6.07, 6.45) is -0.283. The van der Waals surface area contributed by atoms with Gasteiger partial charge in [-0.15, -0.1) is 0 Å². The summed E-state index contributed by atoms with van der Waals surface area (Å²) in [5.74, 6) is 0.0472. The Balaban J connectivity index is 2.25. The lowest BCUT2D eigenvalue weighted by Crippen LogP contribution is -2.39. The summed E-state index contributed by atoms with van der Waals surface area (Å²) >= 11 is 0. The van der Waals surface area contributed by atoms with Crippen LogP contribution in [0.1, 0.15) is 52.8 Å². The standard InChI is InChI=1S/C21H29N3O4/c1-7-15(25)16-17(20(27)28-6)23(16)24-18(12(2)21(3,4)5)22-14-11-9-8-10-13(14)19(24)26/h8-12,15-17,25H,7H2,1-6H3/t12?,15-,16+,17-,23?/m1/s1. The maximum Gasteiger partial charge on any atom is 0.332 e. The van der Waals surface area contributed by atoms with Crippen molar-refractivity contribution in [2.24, 2.45) is 5.41 Å². The van der Waals surface area contributed by atoms with Gasteiger partial charge in [0, 0.05) is 5.92 Å². The molecule has 1 aromatic carbocycles. The monoisotopic (exact) mass is 387 g/mol. The fraction of sp³-hybridized carbons (Fsp3) is 0.571. The molecule has 4 atom stereocenters. The van der Waals surface area contributed by atoms with Crippen LogP contribution in [0.4, 0.5) is 0 Å². The first-order valence-electron chi connectivity index (χ1n) is 9.69. The molecule has 1 aromatic heterocycles. The Morgan fingerprint density at radius 3 is 2.54 bits per heavy atom. The number of hydrogen-bond acceptors (Lipinski definition) is 6. The van der Waals surface area contributed by atoms with Crippen LogP contribution < -0.4 is 10.6 Å². The van der Waals surface area contributed by atoms with Gasteiger partial charge in [-0.25, -0.2) is 14.5 Å². The van der Waals surface area contributed by atoms with Gasteiger partial charge in [-0.3, -0.25) is 9.80 Å². The molecular formula is C21H29N3O4. The minimum Gasteiger partial charge on any atom is -0.467 e. The number of aliphatic hydroxyl groups excluding tert-OH is 1. The van der Waals surface area contributed by atoms with Crippen molar-refractivity contribution in [1.29, 1.82) is 0 Å². The van der Waals surface area contributed by atoms with Crippen LogP contribution in [0.5, 0.6) is 0 Å². The Labute approximate surface area is 164 Å². The van der Waals surface area contributed by atoms with Crippen LogP contribution in [0, 0.1) is 5.41 Å². The molecule has 28 heavy (non-hydrogen) atoms. The molecule has 2 heterocycles. The van der Waals surface area contributed by atoms with E-state index in [2.05, 4.69) is 20.8 Å². The van der Waals surface area contributed by atoms with Crippen molar-refractivity contribution in [1.82, 2.24) is 9.66 Å². The van der Waals surface area contributed by atoms with Crippen LogP contribution in [0.2, 0.25) is 0 Å². The number of aliphatic hydroxyl groups is 1. The molecule has 7 nitrogen and oxygen atoms in total. The molecule has 1 unspecified atom stereocenters. The molecule has 0 spiro atoms. The van der Waals surface area contributed by atoms with Gasteiger partial charge in [-0.2, -0.15) is 0 Å². The summed E-state index contributed by atoms with van der Waals surface area (Å²) < 4.78 is 6.41. The zero-order valence-electron chi connectivity index (χ0n) is 17.3. The van der Waals surface area contributed by atoms with Gasteiger partial charge in [-0.05, 0) is 24.0 Å². The first-order chi connectivity index (χ1) is 13.1. The molecule has 1 aliphatic heterocycles. The van der Waals surface area contributed by atoms with Crippen LogP contribution in [0.15, 0.2) is 29.1 Å². The summed E-state index contributed by atoms with van der Waals surface area (Å²) in [4.78, 5) is 30.5. The maximum atomic E-state index is 13.4. The number of ether oxygens (including phenoxy) is 1. The SMILES string of the molecule is CC[C@@H](O)[C@H]1[C@H](C(=O)OC)N1n1c(C(C)C(C)(C)C)nc2ccccc2c1=O. The molecule has 1 aliphatic rings. The molecule has 1 N–H and O–H groups in total. The summed E-state index contributed by atoms with van der Waals surface area (Å²) in [7, 11) is 1.31. The van der Waals surface area contributed by atoms with Gasteiger partial charge in [0.1, 0.15) is 11.9 Å². The number of rotatable bonds is 5. The van der Waals surface area contributed by atoms with Crippen LogP contribution in [0.3, 0.4) is 0 Å². The van der Waals surface area contributed by atoms with E-state index in [-0.39, 0.29) is 16.9 Å². The highest BCUT2D eigenvalue weighted by Crippen LogP contribution is 2.37. The molecule has 1 saturated heterocycles. The molecule has 0 bridgehead atoms. The van der Waals surface area contributed by atoms with Crippen LogP contribution >= 0.6 is 0 Å². The molecule has 1 fully saturated rings. The quantitative estimate of drug-likeness (QED) is 0.625. The van der Waals surface area contributed by atoms with Crippen molar-refractivity contribution in [3.8, 4) is 0 Å².